The zero-order valence-electron chi connectivity index (χ0n) is 14.2. The Kier molecular flexibility index (Phi) is 4.01. The van der Waals surface area contributed by atoms with Gasteiger partial charge in [-0.15, -0.1) is 0 Å². The lowest BCUT2D eigenvalue weighted by Crippen LogP contribution is -2.51. The van der Waals surface area contributed by atoms with Crippen LogP contribution in [-0.4, -0.2) is 37.0 Å². The first-order valence-electron chi connectivity index (χ1n) is 8.85. The highest BCUT2D eigenvalue weighted by atomic mass is 16.2. The smallest absolute Gasteiger partial charge is 0.242 e. The molecule has 0 spiro atoms. The van der Waals surface area contributed by atoms with Crippen molar-refractivity contribution >= 4 is 11.6 Å². The second-order valence-corrected chi connectivity index (χ2v) is 7.11. The van der Waals surface area contributed by atoms with Crippen molar-refractivity contribution in [3.63, 3.8) is 0 Å². The molecule has 2 fully saturated rings. The van der Waals surface area contributed by atoms with Crippen LogP contribution in [-0.2, 0) is 4.79 Å². The van der Waals surface area contributed by atoms with Gasteiger partial charge in [-0.2, -0.15) is 0 Å². The number of aryl methyl sites for hydroxylation is 1. The van der Waals surface area contributed by atoms with Crippen LogP contribution in [0.15, 0.2) is 54.6 Å². The molecule has 2 atom stereocenters. The van der Waals surface area contributed by atoms with Crippen molar-refractivity contribution in [2.45, 2.75) is 19.3 Å². The number of hydrogen-bond donors (Lipinski definition) is 0. The highest BCUT2D eigenvalue weighted by Gasteiger charge is 2.40. The van der Waals surface area contributed by atoms with E-state index in [-0.39, 0.29) is 5.91 Å². The van der Waals surface area contributed by atoms with Crippen LogP contribution in [0.3, 0.4) is 0 Å². The van der Waals surface area contributed by atoms with Crippen LogP contribution in [0, 0.1) is 12.8 Å². The van der Waals surface area contributed by atoms with Crippen molar-refractivity contribution in [1.82, 2.24) is 4.90 Å². The van der Waals surface area contributed by atoms with Crippen LogP contribution in [0.1, 0.15) is 23.5 Å². The third kappa shape index (κ3) is 3.16. The Morgan fingerprint density at radius 1 is 1.00 bits per heavy atom. The van der Waals surface area contributed by atoms with E-state index in [1.54, 1.807) is 0 Å². The Hall–Kier alpha value is -2.29. The van der Waals surface area contributed by atoms with Crippen molar-refractivity contribution in [1.29, 1.82) is 0 Å². The van der Waals surface area contributed by atoms with Crippen molar-refractivity contribution in [2.75, 3.05) is 31.1 Å². The molecule has 24 heavy (non-hydrogen) atoms. The molecule has 1 heterocycles. The zero-order chi connectivity index (χ0) is 16.5. The fraction of sp³-hybridized carbons (Fsp3) is 0.381. The monoisotopic (exact) mass is 320 g/mol. The number of para-hydroxylation sites is 1. The van der Waals surface area contributed by atoms with Gasteiger partial charge in [0, 0.05) is 25.3 Å². The van der Waals surface area contributed by atoms with Crippen LogP contribution >= 0.6 is 0 Å². The maximum absolute atomic E-state index is 12.5. The molecule has 3 nitrogen and oxygen atoms in total. The highest BCUT2D eigenvalue weighted by molar-refractivity contribution is 5.82. The number of benzene rings is 2. The number of carbonyl (C=O) groups is 1. The number of anilines is 1. The number of amides is 1. The summed E-state index contributed by atoms with van der Waals surface area (Å²) >= 11 is 0. The lowest BCUT2D eigenvalue weighted by molar-refractivity contribution is -0.131. The summed E-state index contributed by atoms with van der Waals surface area (Å²) < 4.78 is 0. The van der Waals surface area contributed by atoms with Gasteiger partial charge in [0.2, 0.25) is 5.91 Å². The molecule has 4 rings (SSSR count). The first-order valence-corrected chi connectivity index (χ1v) is 8.85. The van der Waals surface area contributed by atoms with Gasteiger partial charge in [0.15, 0.2) is 0 Å². The summed E-state index contributed by atoms with van der Waals surface area (Å²) in [6.45, 7) is 5.31. The summed E-state index contributed by atoms with van der Waals surface area (Å²) in [7, 11) is 0. The minimum absolute atomic E-state index is 0.264. The Morgan fingerprint density at radius 2 is 1.75 bits per heavy atom. The predicted molar refractivity (Wildman–Crippen MR) is 97.3 cm³/mol. The Morgan fingerprint density at radius 3 is 2.46 bits per heavy atom. The van der Waals surface area contributed by atoms with Gasteiger partial charge in [-0.1, -0.05) is 48.0 Å². The fourth-order valence-corrected chi connectivity index (χ4v) is 3.72. The molecular formula is C21H24N2O. The van der Waals surface area contributed by atoms with Gasteiger partial charge in [-0.3, -0.25) is 4.79 Å². The van der Waals surface area contributed by atoms with E-state index in [9.17, 15) is 4.79 Å². The molecular weight excluding hydrogens is 296 g/mol. The van der Waals surface area contributed by atoms with E-state index in [2.05, 4.69) is 53.1 Å². The molecule has 2 unspecified atom stereocenters. The lowest BCUT2D eigenvalue weighted by atomic mass is 10.1. The van der Waals surface area contributed by atoms with Gasteiger partial charge in [0.1, 0.15) is 0 Å². The van der Waals surface area contributed by atoms with E-state index >= 15 is 0 Å². The average molecular weight is 320 g/mol. The first kappa shape index (κ1) is 15.3. The third-order valence-corrected chi connectivity index (χ3v) is 5.32. The van der Waals surface area contributed by atoms with Gasteiger partial charge >= 0.3 is 0 Å². The summed E-state index contributed by atoms with van der Waals surface area (Å²) in [4.78, 5) is 16.8. The van der Waals surface area contributed by atoms with E-state index in [4.69, 9.17) is 0 Å². The van der Waals surface area contributed by atoms with Crippen molar-refractivity contribution < 1.29 is 4.79 Å². The molecule has 1 saturated heterocycles. The molecule has 3 heteroatoms. The third-order valence-electron chi connectivity index (χ3n) is 5.32. The van der Waals surface area contributed by atoms with E-state index < -0.39 is 0 Å². The number of rotatable bonds is 4. The Bertz CT molecular complexity index is 710. The van der Waals surface area contributed by atoms with Crippen LogP contribution in [0.2, 0.25) is 0 Å². The minimum Gasteiger partial charge on any atom is -0.360 e. The second kappa shape index (κ2) is 6.31. The van der Waals surface area contributed by atoms with Gasteiger partial charge in [-0.25, -0.2) is 0 Å². The number of carbonyl (C=O) groups excluding carboxylic acids is 1. The molecule has 1 amide bonds. The summed E-state index contributed by atoms with van der Waals surface area (Å²) in [5.41, 5.74) is 3.89. The number of hydrogen-bond acceptors (Lipinski definition) is 2. The van der Waals surface area contributed by atoms with Crippen molar-refractivity contribution in [3.05, 3.63) is 65.7 Å². The highest BCUT2D eigenvalue weighted by Crippen LogP contribution is 2.47. The van der Waals surface area contributed by atoms with Crippen LogP contribution < -0.4 is 4.90 Å². The summed E-state index contributed by atoms with van der Waals surface area (Å²) in [5.74, 6) is 1.55. The summed E-state index contributed by atoms with van der Waals surface area (Å²) in [6, 6.07) is 19.1. The van der Waals surface area contributed by atoms with Crippen molar-refractivity contribution in [2.24, 2.45) is 5.92 Å². The van der Waals surface area contributed by atoms with E-state index in [0.29, 0.717) is 18.4 Å². The first-order chi connectivity index (χ1) is 11.7. The van der Waals surface area contributed by atoms with E-state index in [0.717, 1.165) is 25.3 Å². The number of nitrogens with zero attached hydrogens (tertiary/aromatic N) is 2. The normalized spacial score (nSPS) is 23.5. The topological polar surface area (TPSA) is 23.6 Å². The van der Waals surface area contributed by atoms with E-state index in [1.165, 1.54) is 17.5 Å². The molecule has 2 aliphatic rings. The quantitative estimate of drug-likeness (QED) is 0.861. The molecule has 0 aromatic heterocycles. The summed E-state index contributed by atoms with van der Waals surface area (Å²) in [5, 5.41) is 0. The predicted octanol–water partition coefficient (Wildman–Crippen LogP) is 3.45. The molecule has 2 aromatic rings. The molecule has 0 radical (unpaired) electrons. The van der Waals surface area contributed by atoms with Crippen LogP contribution in [0.5, 0.6) is 0 Å². The molecule has 1 aliphatic carbocycles. The SMILES string of the molecule is Cc1ccc(C2CC2CN2CCN(c3ccccc3)CC2=O)cc1. The standard InChI is InChI=1S/C21H24N2O/c1-16-7-9-17(10-8-16)20-13-18(20)14-23-12-11-22(15-21(23)24)19-5-3-2-4-6-19/h2-10,18,20H,11-15H2,1H3. The lowest BCUT2D eigenvalue weighted by Gasteiger charge is -2.35. The Labute approximate surface area is 143 Å². The average Bonchev–Trinajstić information content (AvgIpc) is 3.37. The molecule has 2 aromatic carbocycles. The Balaban J connectivity index is 1.33. The minimum atomic E-state index is 0.264. The van der Waals surface area contributed by atoms with Gasteiger partial charge in [0.25, 0.3) is 0 Å². The fourth-order valence-electron chi connectivity index (χ4n) is 3.72. The molecule has 0 bridgehead atoms. The van der Waals surface area contributed by atoms with Crippen molar-refractivity contribution in [3.8, 4) is 0 Å². The van der Waals surface area contributed by atoms with Crippen LogP contribution in [0.25, 0.3) is 0 Å². The zero-order valence-corrected chi connectivity index (χ0v) is 14.2. The number of piperazine rings is 1. The molecule has 0 N–H and O–H groups in total. The van der Waals surface area contributed by atoms with Crippen LogP contribution in [0.4, 0.5) is 5.69 Å². The summed E-state index contributed by atoms with van der Waals surface area (Å²) in [6.07, 6.45) is 1.22. The van der Waals surface area contributed by atoms with Gasteiger partial charge < -0.3 is 9.80 Å². The largest absolute Gasteiger partial charge is 0.360 e. The maximum atomic E-state index is 12.5. The van der Waals surface area contributed by atoms with Gasteiger partial charge in [-0.05, 0) is 42.9 Å². The van der Waals surface area contributed by atoms with Gasteiger partial charge in [0.05, 0.1) is 6.54 Å². The molecule has 1 aliphatic heterocycles. The molecule has 124 valence electrons. The van der Waals surface area contributed by atoms with E-state index in [1.807, 2.05) is 18.2 Å². The molecule has 1 saturated carbocycles. The second-order valence-electron chi connectivity index (χ2n) is 7.11. The maximum Gasteiger partial charge on any atom is 0.242 e.